The highest BCUT2D eigenvalue weighted by atomic mass is 79.9. The van der Waals surface area contributed by atoms with Crippen LogP contribution < -0.4 is 0 Å². The number of carbonyl (C=O) groups excluding carboxylic acids is 1. The monoisotopic (exact) mass is 261 g/mol. The van der Waals surface area contributed by atoms with Gasteiger partial charge in [0.25, 0.3) is 0 Å². The van der Waals surface area contributed by atoms with Crippen LogP contribution in [0, 0.1) is 0 Å². The predicted molar refractivity (Wildman–Crippen MR) is 64.7 cm³/mol. The lowest BCUT2D eigenvalue weighted by molar-refractivity contribution is -0.125. The van der Waals surface area contributed by atoms with Crippen LogP contribution in [0.5, 0.6) is 0 Å². The Hall–Kier alpha value is -0.310. The maximum absolute atomic E-state index is 11.5. The molecule has 0 atom stereocenters. The number of nitrogens with zero attached hydrogens (tertiary/aromatic N) is 1. The van der Waals surface area contributed by atoms with Gasteiger partial charge in [-0.25, -0.2) is 0 Å². The minimum atomic E-state index is 0.133. The third-order valence-corrected chi connectivity index (χ3v) is 2.65. The van der Waals surface area contributed by atoms with Gasteiger partial charge in [0.05, 0.1) is 0 Å². The summed E-state index contributed by atoms with van der Waals surface area (Å²) in [6.07, 6.45) is 6.99. The van der Waals surface area contributed by atoms with E-state index >= 15 is 0 Å². The Labute approximate surface area is 95.5 Å². The number of rotatable bonds is 7. The maximum atomic E-state index is 11.5. The summed E-state index contributed by atoms with van der Waals surface area (Å²) in [4.78, 5) is 13.3. The maximum Gasteiger partial charge on any atom is 0.246 e. The lowest BCUT2D eigenvalue weighted by Crippen LogP contribution is -2.28. The number of hydrogen-bond donors (Lipinski definition) is 0. The van der Waals surface area contributed by atoms with E-state index in [2.05, 4.69) is 15.9 Å². The molecule has 0 radical (unpaired) electrons. The van der Waals surface area contributed by atoms with Gasteiger partial charge in [0, 0.05) is 18.4 Å². The molecule has 3 heteroatoms. The van der Waals surface area contributed by atoms with Crippen molar-refractivity contribution in [3.05, 3.63) is 12.2 Å². The number of alkyl halides is 1. The van der Waals surface area contributed by atoms with Crippen molar-refractivity contribution in [2.24, 2.45) is 0 Å². The Balaban J connectivity index is 3.69. The highest BCUT2D eigenvalue weighted by molar-refractivity contribution is 9.09. The molecule has 0 aromatic heterocycles. The molecule has 0 N–H and O–H groups in total. The predicted octanol–water partition coefficient (Wildman–Crippen LogP) is 2.98. The van der Waals surface area contributed by atoms with E-state index in [1.54, 1.807) is 6.08 Å². The molecule has 1 amide bonds. The van der Waals surface area contributed by atoms with Crippen molar-refractivity contribution in [1.82, 2.24) is 4.90 Å². The molecule has 0 aliphatic rings. The first-order valence-electron chi connectivity index (χ1n) is 5.27. The summed E-state index contributed by atoms with van der Waals surface area (Å²) in [5.74, 6) is 0.133. The van der Waals surface area contributed by atoms with Gasteiger partial charge in [-0.2, -0.15) is 0 Å². The molecule has 0 unspecified atom stereocenters. The van der Waals surface area contributed by atoms with Gasteiger partial charge in [-0.1, -0.05) is 22.0 Å². The van der Waals surface area contributed by atoms with E-state index in [1.165, 1.54) is 6.42 Å². The fourth-order valence-corrected chi connectivity index (χ4v) is 1.58. The van der Waals surface area contributed by atoms with Crippen LogP contribution in [0.1, 0.15) is 33.1 Å². The molecule has 0 heterocycles. The lowest BCUT2D eigenvalue weighted by Gasteiger charge is -2.15. The van der Waals surface area contributed by atoms with Crippen molar-refractivity contribution in [3.8, 4) is 0 Å². The Kier molecular flexibility index (Phi) is 9.05. The second-order valence-electron chi connectivity index (χ2n) is 3.10. The number of allylic oxidation sites excluding steroid dienone is 1. The molecule has 0 aliphatic heterocycles. The number of amides is 1. The number of hydrogen-bond acceptors (Lipinski definition) is 1. The molecule has 0 spiro atoms. The number of likely N-dealkylation sites (N-methyl/N-ethyl adjacent to an activating group) is 1. The highest BCUT2D eigenvalue weighted by Crippen LogP contribution is 2.00. The van der Waals surface area contributed by atoms with E-state index in [4.69, 9.17) is 0 Å². The zero-order valence-corrected chi connectivity index (χ0v) is 10.7. The topological polar surface area (TPSA) is 20.3 Å². The van der Waals surface area contributed by atoms with Gasteiger partial charge < -0.3 is 4.90 Å². The largest absolute Gasteiger partial charge is 0.340 e. The van der Waals surface area contributed by atoms with Crippen LogP contribution >= 0.6 is 15.9 Å². The zero-order valence-electron chi connectivity index (χ0n) is 9.13. The molecule has 82 valence electrons. The van der Waals surface area contributed by atoms with Crippen LogP contribution in [0.2, 0.25) is 0 Å². The third kappa shape index (κ3) is 6.19. The summed E-state index contributed by atoms with van der Waals surface area (Å²) in [5.41, 5.74) is 0. The van der Waals surface area contributed by atoms with Crippen molar-refractivity contribution >= 4 is 21.8 Å². The molecule has 0 rings (SSSR count). The van der Waals surface area contributed by atoms with Gasteiger partial charge in [-0.05, 0) is 39.2 Å². The average Bonchev–Trinajstić information content (AvgIpc) is 2.19. The van der Waals surface area contributed by atoms with Gasteiger partial charge in [-0.15, -0.1) is 0 Å². The first kappa shape index (κ1) is 13.7. The first-order valence-corrected chi connectivity index (χ1v) is 6.39. The Morgan fingerprint density at radius 2 is 1.93 bits per heavy atom. The summed E-state index contributed by atoms with van der Waals surface area (Å²) in [6, 6.07) is 0. The van der Waals surface area contributed by atoms with Crippen LogP contribution in [0.4, 0.5) is 0 Å². The smallest absolute Gasteiger partial charge is 0.246 e. The van der Waals surface area contributed by atoms with E-state index in [0.29, 0.717) is 0 Å². The van der Waals surface area contributed by atoms with Crippen LogP contribution in [0.3, 0.4) is 0 Å². The molecule has 0 bridgehead atoms. The van der Waals surface area contributed by atoms with E-state index in [9.17, 15) is 4.79 Å². The second-order valence-corrected chi connectivity index (χ2v) is 3.89. The van der Waals surface area contributed by atoms with Crippen molar-refractivity contribution in [2.45, 2.75) is 33.1 Å². The van der Waals surface area contributed by atoms with Gasteiger partial charge in [-0.3, -0.25) is 4.79 Å². The van der Waals surface area contributed by atoms with Crippen LogP contribution in [-0.2, 0) is 4.79 Å². The van der Waals surface area contributed by atoms with Gasteiger partial charge in [0.2, 0.25) is 5.91 Å². The Morgan fingerprint density at radius 1 is 1.29 bits per heavy atom. The normalized spacial score (nSPS) is 10.8. The number of halogens is 1. The fourth-order valence-electron chi connectivity index (χ4n) is 1.18. The third-order valence-electron chi connectivity index (χ3n) is 2.09. The van der Waals surface area contributed by atoms with Crippen molar-refractivity contribution < 1.29 is 4.79 Å². The summed E-state index contributed by atoms with van der Waals surface area (Å²) in [5, 5.41) is 1.05. The minimum Gasteiger partial charge on any atom is -0.340 e. The minimum absolute atomic E-state index is 0.133. The number of unbranched alkanes of at least 4 members (excludes halogenated alkanes) is 2. The highest BCUT2D eigenvalue weighted by Gasteiger charge is 2.03. The van der Waals surface area contributed by atoms with E-state index in [0.717, 1.165) is 31.3 Å². The van der Waals surface area contributed by atoms with E-state index in [1.807, 2.05) is 24.8 Å². The molecule has 0 saturated heterocycles. The summed E-state index contributed by atoms with van der Waals surface area (Å²) >= 11 is 3.38. The molecular weight excluding hydrogens is 242 g/mol. The molecule has 2 nitrogen and oxygen atoms in total. The number of carbonyl (C=O) groups is 1. The molecule has 0 aliphatic carbocycles. The van der Waals surface area contributed by atoms with Gasteiger partial charge in [0.15, 0.2) is 0 Å². The second kappa shape index (κ2) is 9.25. The van der Waals surface area contributed by atoms with Crippen molar-refractivity contribution in [1.29, 1.82) is 0 Å². The molecule has 0 aromatic rings. The summed E-state index contributed by atoms with van der Waals surface area (Å²) in [6.45, 7) is 5.59. The van der Waals surface area contributed by atoms with Crippen molar-refractivity contribution in [3.63, 3.8) is 0 Å². The van der Waals surface area contributed by atoms with Gasteiger partial charge >= 0.3 is 0 Å². The van der Waals surface area contributed by atoms with Gasteiger partial charge in [0.1, 0.15) is 0 Å². The summed E-state index contributed by atoms with van der Waals surface area (Å²) < 4.78 is 0. The van der Waals surface area contributed by atoms with Crippen LogP contribution in [-0.4, -0.2) is 29.2 Å². The molecule has 0 saturated carbocycles. The van der Waals surface area contributed by atoms with Crippen LogP contribution in [0.15, 0.2) is 12.2 Å². The van der Waals surface area contributed by atoms with E-state index in [-0.39, 0.29) is 5.91 Å². The fraction of sp³-hybridized carbons (Fsp3) is 0.727. The lowest BCUT2D eigenvalue weighted by atomic mass is 10.2. The quantitative estimate of drug-likeness (QED) is 0.392. The standard InChI is InChI=1S/C11H20BrNO/c1-3-13(4-2)11(14)9-7-5-6-8-10-12/h7,9H,3-6,8,10H2,1-2H3/b9-7+. The average molecular weight is 262 g/mol. The molecule has 0 aromatic carbocycles. The summed E-state index contributed by atoms with van der Waals surface area (Å²) in [7, 11) is 0. The molecule has 0 fully saturated rings. The zero-order chi connectivity index (χ0) is 10.8. The SMILES string of the molecule is CCN(CC)C(=O)/C=C/CCCCBr. The Morgan fingerprint density at radius 3 is 2.43 bits per heavy atom. The van der Waals surface area contributed by atoms with Crippen molar-refractivity contribution in [2.75, 3.05) is 18.4 Å². The van der Waals surface area contributed by atoms with E-state index < -0.39 is 0 Å². The molecular formula is C11H20BrNO. The van der Waals surface area contributed by atoms with Crippen LogP contribution in [0.25, 0.3) is 0 Å². The Bertz CT molecular complexity index is 176. The first-order chi connectivity index (χ1) is 6.76. The molecule has 14 heavy (non-hydrogen) atoms.